The monoisotopic (exact) mass is 634 g/mol. The molecule has 45 heavy (non-hydrogen) atoms. The van der Waals surface area contributed by atoms with Gasteiger partial charge in [0, 0.05) is 16.1 Å². The fourth-order valence-corrected chi connectivity index (χ4v) is 7.22. The van der Waals surface area contributed by atoms with Crippen molar-refractivity contribution in [1.82, 2.24) is 4.57 Å². The van der Waals surface area contributed by atoms with E-state index in [9.17, 15) is 4.79 Å². The number of fused-ring (bicyclic) bond motifs is 3. The quantitative estimate of drug-likeness (QED) is 0.185. The van der Waals surface area contributed by atoms with Gasteiger partial charge in [0.05, 0.1) is 30.0 Å². The fourth-order valence-electron chi connectivity index (χ4n) is 6.03. The Bertz CT molecular complexity index is 2110. The molecule has 0 bridgehead atoms. The van der Waals surface area contributed by atoms with Crippen LogP contribution in [0, 0.1) is 0 Å². The zero-order valence-corrected chi connectivity index (χ0v) is 26.5. The van der Waals surface area contributed by atoms with Crippen molar-refractivity contribution in [2.75, 3.05) is 13.7 Å². The number of thiazole rings is 1. The number of rotatable bonds is 8. The average molecular weight is 635 g/mol. The molecule has 0 radical (unpaired) electrons. The summed E-state index contributed by atoms with van der Waals surface area (Å²) < 4.78 is 19.9. The predicted molar refractivity (Wildman–Crippen MR) is 179 cm³/mol. The van der Waals surface area contributed by atoms with Crippen LogP contribution in [0.5, 0.6) is 17.2 Å². The van der Waals surface area contributed by atoms with Crippen LogP contribution in [0.4, 0.5) is 0 Å². The molecule has 1 aromatic heterocycles. The minimum absolute atomic E-state index is 0.0676. The predicted octanol–water partition coefficient (Wildman–Crippen LogP) is 6.96. The highest BCUT2D eigenvalue weighted by molar-refractivity contribution is 7.07. The summed E-state index contributed by atoms with van der Waals surface area (Å²) in [7, 11) is 1.66. The van der Waals surface area contributed by atoms with Gasteiger partial charge in [0.1, 0.15) is 12.4 Å². The third kappa shape index (κ3) is 5.58. The van der Waals surface area contributed by atoms with E-state index in [1.165, 1.54) is 16.9 Å². The van der Waals surface area contributed by atoms with Crippen molar-refractivity contribution in [3.05, 3.63) is 149 Å². The van der Waals surface area contributed by atoms with Crippen LogP contribution in [0.1, 0.15) is 47.2 Å². The lowest BCUT2D eigenvalue weighted by Crippen LogP contribution is -2.38. The number of nitrogens with zero attached hydrogens (tertiary/aromatic N) is 2. The summed E-state index contributed by atoms with van der Waals surface area (Å²) in [5.41, 5.74) is 7.26. The Kier molecular flexibility index (Phi) is 8.04. The van der Waals surface area contributed by atoms with Crippen molar-refractivity contribution in [3.63, 3.8) is 0 Å². The first kappa shape index (κ1) is 29.1. The van der Waals surface area contributed by atoms with E-state index >= 15 is 0 Å². The third-order valence-corrected chi connectivity index (χ3v) is 9.56. The van der Waals surface area contributed by atoms with E-state index in [0.29, 0.717) is 39.1 Å². The molecule has 6 nitrogen and oxygen atoms in total. The Labute approximate surface area is 270 Å². The fraction of sp³-hybridized carbons (Fsp3) is 0.189. The Morgan fingerprint density at radius 2 is 1.76 bits per heavy atom. The largest absolute Gasteiger partial charge is 0.497 e. The van der Waals surface area contributed by atoms with Crippen molar-refractivity contribution in [1.29, 1.82) is 0 Å². The average Bonchev–Trinajstić information content (AvgIpc) is 3.38. The number of benzene rings is 4. The van der Waals surface area contributed by atoms with E-state index < -0.39 is 0 Å². The van der Waals surface area contributed by atoms with Crippen molar-refractivity contribution < 1.29 is 14.2 Å². The van der Waals surface area contributed by atoms with Gasteiger partial charge in [-0.2, -0.15) is 0 Å². The molecule has 2 aliphatic rings. The highest BCUT2D eigenvalue weighted by Crippen LogP contribution is 2.41. The molecule has 1 aliphatic carbocycles. The normalized spacial score (nSPS) is 15.5. The Morgan fingerprint density at radius 1 is 0.956 bits per heavy atom. The first-order chi connectivity index (χ1) is 22.0. The van der Waals surface area contributed by atoms with Gasteiger partial charge in [-0.15, -0.1) is 0 Å². The molecule has 0 saturated carbocycles. The van der Waals surface area contributed by atoms with Gasteiger partial charge in [0.2, 0.25) is 0 Å². The van der Waals surface area contributed by atoms with E-state index in [4.69, 9.17) is 30.8 Å². The second-order valence-corrected chi connectivity index (χ2v) is 12.3. The number of aromatic nitrogens is 1. The number of hydrogen-bond donors (Lipinski definition) is 0. The number of methoxy groups -OCH3 is 1. The SMILES string of the molecule is CCOc1cc(/C=c2/sc3n(c2=O)[C@@H](c2ccc(OC)cc2)C2=C(N=3)c3ccccc3CC2)ccc1OCc1ccccc1Cl. The number of halogens is 1. The summed E-state index contributed by atoms with van der Waals surface area (Å²) in [5.74, 6) is 1.99. The molecule has 0 saturated heterocycles. The summed E-state index contributed by atoms with van der Waals surface area (Å²) in [6.45, 7) is 2.72. The Morgan fingerprint density at radius 3 is 2.56 bits per heavy atom. The molecule has 0 N–H and O–H groups in total. The molecule has 8 heteroatoms. The maximum Gasteiger partial charge on any atom is 0.271 e. The van der Waals surface area contributed by atoms with Gasteiger partial charge in [-0.3, -0.25) is 9.36 Å². The zero-order chi connectivity index (χ0) is 30.9. The molecule has 7 rings (SSSR count). The lowest BCUT2D eigenvalue weighted by atomic mass is 9.83. The van der Waals surface area contributed by atoms with Gasteiger partial charge in [0.25, 0.3) is 5.56 Å². The van der Waals surface area contributed by atoms with Gasteiger partial charge in [0.15, 0.2) is 16.3 Å². The smallest absolute Gasteiger partial charge is 0.271 e. The van der Waals surface area contributed by atoms with Gasteiger partial charge in [-0.05, 0) is 78.4 Å². The molecule has 1 atom stereocenters. The minimum atomic E-state index is -0.253. The van der Waals surface area contributed by atoms with Gasteiger partial charge < -0.3 is 14.2 Å². The van der Waals surface area contributed by atoms with Crippen LogP contribution in [0.15, 0.2) is 106 Å². The summed E-state index contributed by atoms with van der Waals surface area (Å²) >= 11 is 7.74. The van der Waals surface area contributed by atoms with E-state index in [1.54, 1.807) is 7.11 Å². The van der Waals surface area contributed by atoms with Crippen LogP contribution in [0.2, 0.25) is 5.02 Å². The number of allylic oxidation sites excluding steroid dienone is 1. The maximum atomic E-state index is 14.2. The van der Waals surface area contributed by atoms with Gasteiger partial charge in [-0.25, -0.2) is 4.99 Å². The molecule has 4 aromatic carbocycles. The van der Waals surface area contributed by atoms with Crippen LogP contribution in [0.25, 0.3) is 11.8 Å². The summed E-state index contributed by atoms with van der Waals surface area (Å²) in [6, 6.07) is 29.5. The molecule has 226 valence electrons. The van der Waals surface area contributed by atoms with Crippen LogP contribution < -0.4 is 29.1 Å². The van der Waals surface area contributed by atoms with Crippen molar-refractivity contribution in [2.45, 2.75) is 32.4 Å². The second-order valence-electron chi connectivity index (χ2n) is 10.9. The van der Waals surface area contributed by atoms with E-state index in [-0.39, 0.29) is 11.6 Å². The first-order valence-electron chi connectivity index (χ1n) is 14.9. The molecular weight excluding hydrogens is 604 g/mol. The number of aryl methyl sites for hydroxylation is 1. The highest BCUT2D eigenvalue weighted by Gasteiger charge is 2.32. The lowest BCUT2D eigenvalue weighted by molar-refractivity contribution is 0.269. The summed E-state index contributed by atoms with van der Waals surface area (Å²) in [6.07, 6.45) is 3.66. The Hall–Kier alpha value is -4.59. The molecule has 0 spiro atoms. The molecular formula is C37H31ClN2O4S. The highest BCUT2D eigenvalue weighted by atomic mass is 35.5. The van der Waals surface area contributed by atoms with Crippen LogP contribution in [-0.4, -0.2) is 18.3 Å². The van der Waals surface area contributed by atoms with Gasteiger partial charge in [-0.1, -0.05) is 83.6 Å². The van der Waals surface area contributed by atoms with E-state index in [0.717, 1.165) is 52.1 Å². The molecule has 1 aliphatic heterocycles. The number of ether oxygens (including phenoxy) is 3. The van der Waals surface area contributed by atoms with Crippen molar-refractivity contribution in [3.8, 4) is 17.2 Å². The molecule has 0 fully saturated rings. The topological polar surface area (TPSA) is 62.0 Å². The standard InChI is InChI=1S/C37H31ClN2O4S/c1-3-43-32-20-23(12-19-31(32)44-22-26-9-5-7-11-30(26)38)21-33-36(41)40-35(25-13-16-27(42-2)17-14-25)29-18-15-24-8-4-6-10-28(24)34(29)39-37(40)45-33/h4-14,16-17,19-21,35H,3,15,18,22H2,1-2H3/b33-21+/t35-/m0/s1. The van der Waals surface area contributed by atoms with Crippen LogP contribution >= 0.6 is 22.9 Å². The second kappa shape index (κ2) is 12.4. The van der Waals surface area contributed by atoms with Crippen molar-refractivity contribution in [2.24, 2.45) is 4.99 Å². The number of hydrogen-bond acceptors (Lipinski definition) is 6. The molecule has 0 unspecified atom stereocenters. The Balaban J connectivity index is 1.31. The van der Waals surface area contributed by atoms with Crippen LogP contribution in [0.3, 0.4) is 0 Å². The van der Waals surface area contributed by atoms with E-state index in [2.05, 4.69) is 24.3 Å². The summed E-state index contributed by atoms with van der Waals surface area (Å²) in [5, 5.41) is 0.653. The zero-order valence-electron chi connectivity index (χ0n) is 25.0. The maximum absolute atomic E-state index is 14.2. The van der Waals surface area contributed by atoms with Crippen LogP contribution in [-0.2, 0) is 13.0 Å². The first-order valence-corrected chi connectivity index (χ1v) is 16.1. The van der Waals surface area contributed by atoms with Gasteiger partial charge >= 0.3 is 0 Å². The van der Waals surface area contributed by atoms with Crippen molar-refractivity contribution >= 4 is 34.7 Å². The molecule has 5 aromatic rings. The third-order valence-electron chi connectivity index (χ3n) is 8.21. The molecule has 2 heterocycles. The minimum Gasteiger partial charge on any atom is -0.497 e. The molecule has 0 amide bonds. The summed E-state index contributed by atoms with van der Waals surface area (Å²) in [4.78, 5) is 20.0. The lowest BCUT2D eigenvalue weighted by Gasteiger charge is -2.30. The van der Waals surface area contributed by atoms with E-state index in [1.807, 2.05) is 84.3 Å².